The fraction of sp³-hybridized carbons (Fsp3) is 0.333. The first-order valence-electron chi connectivity index (χ1n) is 9.90. The summed E-state index contributed by atoms with van der Waals surface area (Å²) in [5.74, 6) is 0.133. The number of allylic oxidation sites excluding steroid dienone is 1. The standard InChI is InChI=1S/C21H22N4O2S3/c26-16(22-12-11-14-7-3-1-4-8-14)13-29-20-23-18-17(19(27)24-20)30-21(28)25(18)15-9-5-2-6-10-15/h2,5-7,9-10H,1,3-4,8,11-13H2,(H,22,26)(H,23,24,27). The fourth-order valence-corrected chi connectivity index (χ4v) is 5.40. The van der Waals surface area contributed by atoms with Crippen LogP contribution in [0, 0.1) is 3.95 Å². The van der Waals surface area contributed by atoms with Crippen LogP contribution in [-0.2, 0) is 4.79 Å². The molecule has 30 heavy (non-hydrogen) atoms. The van der Waals surface area contributed by atoms with Gasteiger partial charge in [-0.1, -0.05) is 52.9 Å². The second kappa shape index (κ2) is 9.72. The Morgan fingerprint density at radius 3 is 2.90 bits per heavy atom. The van der Waals surface area contributed by atoms with Crippen LogP contribution in [0.15, 0.2) is 51.9 Å². The van der Waals surface area contributed by atoms with Crippen molar-refractivity contribution in [2.24, 2.45) is 0 Å². The van der Waals surface area contributed by atoms with Crippen LogP contribution in [0.2, 0.25) is 0 Å². The third-order valence-electron chi connectivity index (χ3n) is 4.93. The molecular formula is C21H22N4O2S3. The summed E-state index contributed by atoms with van der Waals surface area (Å²) >= 11 is 7.92. The van der Waals surface area contributed by atoms with E-state index >= 15 is 0 Å². The molecule has 0 fully saturated rings. The van der Waals surface area contributed by atoms with Crippen molar-refractivity contribution in [3.8, 4) is 5.69 Å². The lowest BCUT2D eigenvalue weighted by molar-refractivity contribution is -0.118. The normalized spacial score (nSPS) is 13.9. The molecule has 1 aliphatic carbocycles. The van der Waals surface area contributed by atoms with E-state index in [0.717, 1.165) is 24.9 Å². The molecule has 0 saturated carbocycles. The molecule has 1 aliphatic rings. The molecule has 9 heteroatoms. The summed E-state index contributed by atoms with van der Waals surface area (Å²) in [5.41, 5.74) is 2.58. The number of H-pyrrole nitrogens is 1. The van der Waals surface area contributed by atoms with E-state index in [1.807, 2.05) is 30.3 Å². The maximum Gasteiger partial charge on any atom is 0.271 e. The first kappa shape index (κ1) is 21.0. The van der Waals surface area contributed by atoms with Gasteiger partial charge in [0.25, 0.3) is 5.56 Å². The maximum atomic E-state index is 12.5. The molecule has 0 bridgehead atoms. The van der Waals surface area contributed by atoms with E-state index in [1.54, 1.807) is 4.57 Å². The molecule has 0 atom stereocenters. The molecule has 156 valence electrons. The highest BCUT2D eigenvalue weighted by Crippen LogP contribution is 2.24. The molecule has 1 aromatic carbocycles. The van der Waals surface area contributed by atoms with Crippen LogP contribution in [0.3, 0.4) is 0 Å². The van der Waals surface area contributed by atoms with Crippen LogP contribution in [-0.4, -0.2) is 32.7 Å². The summed E-state index contributed by atoms with van der Waals surface area (Å²) in [7, 11) is 0. The van der Waals surface area contributed by atoms with Crippen molar-refractivity contribution in [3.63, 3.8) is 0 Å². The number of hydrogen-bond acceptors (Lipinski definition) is 6. The van der Waals surface area contributed by atoms with Crippen molar-refractivity contribution < 1.29 is 4.79 Å². The minimum atomic E-state index is -0.238. The van der Waals surface area contributed by atoms with Gasteiger partial charge in [-0.2, -0.15) is 0 Å². The number of hydrogen-bond donors (Lipinski definition) is 2. The highest BCUT2D eigenvalue weighted by atomic mass is 32.2. The molecule has 2 aromatic heterocycles. The maximum absolute atomic E-state index is 12.5. The lowest BCUT2D eigenvalue weighted by atomic mass is 9.97. The molecule has 0 spiro atoms. The van der Waals surface area contributed by atoms with Gasteiger partial charge in [0.2, 0.25) is 5.91 Å². The predicted octanol–water partition coefficient (Wildman–Crippen LogP) is 4.60. The predicted molar refractivity (Wildman–Crippen MR) is 125 cm³/mol. The van der Waals surface area contributed by atoms with E-state index in [1.165, 1.54) is 41.5 Å². The van der Waals surface area contributed by atoms with E-state index < -0.39 is 0 Å². The van der Waals surface area contributed by atoms with Gasteiger partial charge in [0.1, 0.15) is 4.70 Å². The Labute approximate surface area is 187 Å². The van der Waals surface area contributed by atoms with Crippen LogP contribution in [0.4, 0.5) is 0 Å². The summed E-state index contributed by atoms with van der Waals surface area (Å²) in [5, 5.41) is 3.37. The quantitative estimate of drug-likeness (QED) is 0.234. The molecule has 0 radical (unpaired) electrons. The number of rotatable bonds is 7. The molecule has 3 aromatic rings. The Kier molecular flexibility index (Phi) is 6.81. The Balaban J connectivity index is 1.44. The zero-order valence-corrected chi connectivity index (χ0v) is 18.8. The number of para-hydroxylation sites is 1. The molecule has 0 saturated heterocycles. The average Bonchev–Trinajstić information content (AvgIpc) is 3.10. The molecule has 6 nitrogen and oxygen atoms in total. The summed E-state index contributed by atoms with van der Waals surface area (Å²) in [4.78, 5) is 32.1. The van der Waals surface area contributed by atoms with E-state index in [9.17, 15) is 9.59 Å². The molecule has 1 amide bonds. The largest absolute Gasteiger partial charge is 0.355 e. The highest BCUT2D eigenvalue weighted by molar-refractivity contribution is 7.99. The summed E-state index contributed by atoms with van der Waals surface area (Å²) in [6.45, 7) is 0.645. The average molecular weight is 459 g/mol. The van der Waals surface area contributed by atoms with Crippen molar-refractivity contribution >= 4 is 51.6 Å². The number of nitrogens with zero attached hydrogens (tertiary/aromatic N) is 2. The highest BCUT2D eigenvalue weighted by Gasteiger charge is 2.14. The topological polar surface area (TPSA) is 79.8 Å². The van der Waals surface area contributed by atoms with Crippen LogP contribution < -0.4 is 10.9 Å². The fourth-order valence-electron chi connectivity index (χ4n) is 3.45. The van der Waals surface area contributed by atoms with Crippen molar-refractivity contribution in [2.45, 2.75) is 37.3 Å². The van der Waals surface area contributed by atoms with Gasteiger partial charge in [0.15, 0.2) is 14.8 Å². The summed E-state index contributed by atoms with van der Waals surface area (Å²) in [6, 6.07) is 9.60. The number of aromatic amines is 1. The second-order valence-electron chi connectivity index (χ2n) is 7.06. The third kappa shape index (κ3) is 4.91. The SMILES string of the molecule is O=C(CSc1nc2c(sc(=S)n2-c2ccccc2)c(=O)[nH]1)NCCC1=CCCCC1. The lowest BCUT2D eigenvalue weighted by Gasteiger charge is -2.12. The van der Waals surface area contributed by atoms with Gasteiger partial charge in [0, 0.05) is 12.2 Å². The number of fused-ring (bicyclic) bond motifs is 1. The van der Waals surface area contributed by atoms with Crippen molar-refractivity contribution in [3.05, 3.63) is 56.3 Å². The molecule has 2 N–H and O–H groups in total. The number of aromatic nitrogens is 3. The van der Waals surface area contributed by atoms with Gasteiger partial charge in [-0.3, -0.25) is 14.2 Å². The monoisotopic (exact) mass is 458 g/mol. The van der Waals surface area contributed by atoms with Crippen molar-refractivity contribution in [2.75, 3.05) is 12.3 Å². The number of carbonyl (C=O) groups excluding carboxylic acids is 1. The summed E-state index contributed by atoms with van der Waals surface area (Å²) < 4.78 is 2.84. The van der Waals surface area contributed by atoms with Gasteiger partial charge in [-0.25, -0.2) is 4.98 Å². The Morgan fingerprint density at radius 2 is 2.13 bits per heavy atom. The van der Waals surface area contributed by atoms with E-state index in [2.05, 4.69) is 21.4 Å². The molecular weight excluding hydrogens is 436 g/mol. The van der Waals surface area contributed by atoms with E-state index in [4.69, 9.17) is 12.2 Å². The molecule has 2 heterocycles. The number of benzene rings is 1. The second-order valence-corrected chi connectivity index (χ2v) is 9.67. The van der Waals surface area contributed by atoms with Crippen LogP contribution >= 0.6 is 35.3 Å². The first-order chi connectivity index (χ1) is 14.6. The Hall–Kier alpha value is -2.23. The van der Waals surface area contributed by atoms with Gasteiger partial charge in [-0.15, -0.1) is 0 Å². The first-order valence-corrected chi connectivity index (χ1v) is 12.1. The van der Waals surface area contributed by atoms with Crippen molar-refractivity contribution in [1.82, 2.24) is 19.9 Å². The number of nitrogens with one attached hydrogen (secondary N) is 2. The van der Waals surface area contributed by atoms with Crippen LogP contribution in [0.5, 0.6) is 0 Å². The van der Waals surface area contributed by atoms with E-state index in [0.29, 0.717) is 26.0 Å². The Morgan fingerprint density at radius 1 is 1.30 bits per heavy atom. The summed E-state index contributed by atoms with van der Waals surface area (Å²) in [6.07, 6.45) is 8.01. The minimum Gasteiger partial charge on any atom is -0.355 e. The molecule has 0 aliphatic heterocycles. The smallest absolute Gasteiger partial charge is 0.271 e. The number of carbonyl (C=O) groups is 1. The molecule has 0 unspecified atom stereocenters. The van der Waals surface area contributed by atoms with Crippen molar-refractivity contribution in [1.29, 1.82) is 0 Å². The van der Waals surface area contributed by atoms with Crippen LogP contribution in [0.25, 0.3) is 16.0 Å². The lowest BCUT2D eigenvalue weighted by Crippen LogP contribution is -2.26. The number of thiazole rings is 1. The van der Waals surface area contributed by atoms with Gasteiger partial charge < -0.3 is 10.3 Å². The third-order valence-corrected chi connectivity index (χ3v) is 7.16. The van der Waals surface area contributed by atoms with Crippen LogP contribution in [0.1, 0.15) is 32.1 Å². The zero-order chi connectivity index (χ0) is 20.9. The van der Waals surface area contributed by atoms with Gasteiger partial charge >= 0.3 is 0 Å². The van der Waals surface area contributed by atoms with Gasteiger partial charge in [-0.05, 0) is 56.5 Å². The number of thioether (sulfide) groups is 1. The Bertz CT molecular complexity index is 1190. The number of amides is 1. The zero-order valence-electron chi connectivity index (χ0n) is 16.3. The van der Waals surface area contributed by atoms with Gasteiger partial charge in [0.05, 0.1) is 5.75 Å². The van der Waals surface area contributed by atoms with E-state index in [-0.39, 0.29) is 17.2 Å². The minimum absolute atomic E-state index is 0.0654. The molecule has 4 rings (SSSR count).